The summed E-state index contributed by atoms with van der Waals surface area (Å²) in [4.78, 5) is 11.4. The van der Waals surface area contributed by atoms with Crippen molar-refractivity contribution in [2.45, 2.75) is 39.2 Å². The Balaban J connectivity index is 1.97. The van der Waals surface area contributed by atoms with Gasteiger partial charge in [0.05, 0.1) is 0 Å². The SMILES string of the molecule is CCCNC(CC)Cc1nc(-c2ncc[nH]2)no1. The number of aromatic nitrogens is 4. The van der Waals surface area contributed by atoms with E-state index in [2.05, 4.69) is 39.3 Å². The lowest BCUT2D eigenvalue weighted by atomic mass is 10.1. The molecule has 1 atom stereocenters. The Morgan fingerprint density at radius 1 is 1.44 bits per heavy atom. The van der Waals surface area contributed by atoms with Gasteiger partial charge in [0.15, 0.2) is 5.82 Å². The third-order valence-electron chi connectivity index (χ3n) is 2.77. The summed E-state index contributed by atoms with van der Waals surface area (Å²) in [6.07, 6.45) is 6.33. The van der Waals surface area contributed by atoms with Crippen molar-refractivity contribution in [2.24, 2.45) is 0 Å². The summed E-state index contributed by atoms with van der Waals surface area (Å²) in [7, 11) is 0. The van der Waals surface area contributed by atoms with Crippen LogP contribution in [0.1, 0.15) is 32.6 Å². The second-order valence-corrected chi connectivity index (χ2v) is 4.21. The second kappa shape index (κ2) is 6.30. The fraction of sp³-hybridized carbons (Fsp3) is 0.583. The zero-order valence-electron chi connectivity index (χ0n) is 10.8. The Hall–Kier alpha value is -1.69. The minimum atomic E-state index is 0.384. The topological polar surface area (TPSA) is 79.6 Å². The molecule has 0 saturated heterocycles. The van der Waals surface area contributed by atoms with Gasteiger partial charge in [-0.3, -0.25) is 0 Å². The van der Waals surface area contributed by atoms with Crippen LogP contribution in [-0.2, 0) is 6.42 Å². The Morgan fingerprint density at radius 2 is 2.33 bits per heavy atom. The van der Waals surface area contributed by atoms with Crippen molar-refractivity contribution in [1.82, 2.24) is 25.4 Å². The first-order valence-corrected chi connectivity index (χ1v) is 6.39. The molecule has 0 bridgehead atoms. The highest BCUT2D eigenvalue weighted by molar-refractivity contribution is 5.40. The monoisotopic (exact) mass is 249 g/mol. The fourth-order valence-electron chi connectivity index (χ4n) is 1.74. The molecule has 2 aromatic heterocycles. The van der Waals surface area contributed by atoms with Crippen molar-refractivity contribution in [2.75, 3.05) is 6.54 Å². The number of hydrogen-bond donors (Lipinski definition) is 2. The van der Waals surface area contributed by atoms with Crippen molar-refractivity contribution in [3.8, 4) is 11.6 Å². The summed E-state index contributed by atoms with van der Waals surface area (Å²) < 4.78 is 5.24. The fourth-order valence-corrected chi connectivity index (χ4v) is 1.74. The van der Waals surface area contributed by atoms with E-state index in [1.807, 2.05) is 0 Å². The minimum Gasteiger partial charge on any atom is -0.342 e. The first kappa shape index (κ1) is 12.8. The lowest BCUT2D eigenvalue weighted by Gasteiger charge is -2.13. The van der Waals surface area contributed by atoms with Gasteiger partial charge in [-0.1, -0.05) is 19.0 Å². The molecule has 0 aliphatic rings. The van der Waals surface area contributed by atoms with E-state index in [0.29, 0.717) is 23.6 Å². The summed E-state index contributed by atoms with van der Waals surface area (Å²) >= 11 is 0. The highest BCUT2D eigenvalue weighted by Gasteiger charge is 2.14. The Bertz CT molecular complexity index is 451. The molecule has 2 heterocycles. The van der Waals surface area contributed by atoms with Crippen LogP contribution in [0.4, 0.5) is 0 Å². The largest absolute Gasteiger partial charge is 0.342 e. The number of imidazole rings is 1. The van der Waals surface area contributed by atoms with E-state index in [9.17, 15) is 0 Å². The zero-order chi connectivity index (χ0) is 12.8. The molecular formula is C12H19N5O. The van der Waals surface area contributed by atoms with Crippen LogP contribution in [0.25, 0.3) is 11.6 Å². The first-order chi connectivity index (χ1) is 8.83. The lowest BCUT2D eigenvalue weighted by molar-refractivity contribution is 0.354. The van der Waals surface area contributed by atoms with E-state index in [-0.39, 0.29) is 0 Å². The van der Waals surface area contributed by atoms with Gasteiger partial charge in [-0.25, -0.2) is 4.98 Å². The molecule has 0 aromatic carbocycles. The van der Waals surface area contributed by atoms with Crippen LogP contribution >= 0.6 is 0 Å². The van der Waals surface area contributed by atoms with E-state index in [0.717, 1.165) is 25.8 Å². The van der Waals surface area contributed by atoms with Crippen LogP contribution in [-0.4, -0.2) is 32.7 Å². The van der Waals surface area contributed by atoms with Gasteiger partial charge < -0.3 is 14.8 Å². The number of nitrogens with one attached hydrogen (secondary N) is 2. The van der Waals surface area contributed by atoms with Crippen LogP contribution in [0.5, 0.6) is 0 Å². The molecule has 0 spiro atoms. The average Bonchev–Trinajstić information content (AvgIpc) is 3.04. The molecule has 2 N–H and O–H groups in total. The van der Waals surface area contributed by atoms with Gasteiger partial charge in [0, 0.05) is 24.9 Å². The number of aromatic amines is 1. The summed E-state index contributed by atoms with van der Waals surface area (Å²) in [5.74, 6) is 1.80. The van der Waals surface area contributed by atoms with Crippen LogP contribution in [0.15, 0.2) is 16.9 Å². The molecular weight excluding hydrogens is 230 g/mol. The van der Waals surface area contributed by atoms with Gasteiger partial charge >= 0.3 is 0 Å². The average molecular weight is 249 g/mol. The first-order valence-electron chi connectivity index (χ1n) is 6.39. The van der Waals surface area contributed by atoms with Crippen molar-refractivity contribution in [3.63, 3.8) is 0 Å². The number of rotatable bonds is 7. The summed E-state index contributed by atoms with van der Waals surface area (Å²) in [6, 6.07) is 0.384. The van der Waals surface area contributed by atoms with Gasteiger partial charge in [-0.05, 0) is 19.4 Å². The molecule has 0 aliphatic heterocycles. The third kappa shape index (κ3) is 3.16. The number of hydrogen-bond acceptors (Lipinski definition) is 5. The van der Waals surface area contributed by atoms with E-state index >= 15 is 0 Å². The third-order valence-corrected chi connectivity index (χ3v) is 2.77. The van der Waals surface area contributed by atoms with Crippen molar-refractivity contribution in [3.05, 3.63) is 18.3 Å². The molecule has 6 heteroatoms. The molecule has 2 aromatic rings. The normalized spacial score (nSPS) is 12.8. The second-order valence-electron chi connectivity index (χ2n) is 4.21. The molecule has 0 aliphatic carbocycles. The Morgan fingerprint density at radius 3 is 3.00 bits per heavy atom. The van der Waals surface area contributed by atoms with E-state index < -0.39 is 0 Å². The quantitative estimate of drug-likeness (QED) is 0.782. The van der Waals surface area contributed by atoms with Gasteiger partial charge in [0.25, 0.3) is 0 Å². The van der Waals surface area contributed by atoms with E-state index in [1.54, 1.807) is 12.4 Å². The van der Waals surface area contributed by atoms with E-state index in [4.69, 9.17) is 4.52 Å². The molecule has 0 radical (unpaired) electrons. The smallest absolute Gasteiger partial charge is 0.238 e. The van der Waals surface area contributed by atoms with Crippen molar-refractivity contribution >= 4 is 0 Å². The number of nitrogens with zero attached hydrogens (tertiary/aromatic N) is 3. The van der Waals surface area contributed by atoms with E-state index in [1.165, 1.54) is 0 Å². The maximum atomic E-state index is 5.24. The summed E-state index contributed by atoms with van der Waals surface area (Å²) in [5, 5.41) is 7.38. The highest BCUT2D eigenvalue weighted by atomic mass is 16.5. The van der Waals surface area contributed by atoms with Crippen LogP contribution in [0, 0.1) is 0 Å². The maximum absolute atomic E-state index is 5.24. The standard InChI is InChI=1S/C12H19N5O/c1-3-5-13-9(4-2)8-10-16-12(17-18-10)11-14-6-7-15-11/h6-7,9,13H,3-5,8H2,1-2H3,(H,14,15). The van der Waals surface area contributed by atoms with Crippen LogP contribution in [0.2, 0.25) is 0 Å². The van der Waals surface area contributed by atoms with Gasteiger partial charge in [-0.2, -0.15) is 4.98 Å². The Labute approximate surface area is 106 Å². The molecule has 98 valence electrons. The van der Waals surface area contributed by atoms with Gasteiger partial charge in [-0.15, -0.1) is 0 Å². The minimum absolute atomic E-state index is 0.384. The zero-order valence-corrected chi connectivity index (χ0v) is 10.8. The molecule has 6 nitrogen and oxygen atoms in total. The highest BCUT2D eigenvalue weighted by Crippen LogP contribution is 2.11. The molecule has 0 fully saturated rings. The van der Waals surface area contributed by atoms with Crippen molar-refractivity contribution < 1.29 is 4.52 Å². The maximum Gasteiger partial charge on any atom is 0.238 e. The lowest BCUT2D eigenvalue weighted by Crippen LogP contribution is -2.31. The molecule has 2 rings (SSSR count). The number of H-pyrrole nitrogens is 1. The van der Waals surface area contributed by atoms with Crippen LogP contribution in [0.3, 0.4) is 0 Å². The Kier molecular flexibility index (Phi) is 4.46. The van der Waals surface area contributed by atoms with Crippen molar-refractivity contribution in [1.29, 1.82) is 0 Å². The summed E-state index contributed by atoms with van der Waals surface area (Å²) in [5.41, 5.74) is 0. The predicted octanol–water partition coefficient (Wildman–Crippen LogP) is 1.78. The molecule has 18 heavy (non-hydrogen) atoms. The molecule has 0 saturated carbocycles. The van der Waals surface area contributed by atoms with Crippen LogP contribution < -0.4 is 5.32 Å². The molecule has 1 unspecified atom stereocenters. The predicted molar refractivity (Wildman–Crippen MR) is 68.0 cm³/mol. The summed E-state index contributed by atoms with van der Waals surface area (Å²) in [6.45, 7) is 5.32. The van der Waals surface area contributed by atoms with Gasteiger partial charge in [0.1, 0.15) is 0 Å². The van der Waals surface area contributed by atoms with Gasteiger partial charge in [0.2, 0.25) is 11.7 Å². The molecule has 0 amide bonds.